The molecule has 142 valence electrons. The predicted octanol–water partition coefficient (Wildman–Crippen LogP) is 4.57. The molecule has 2 aromatic carbocycles. The second-order valence-corrected chi connectivity index (χ2v) is 7.26. The Bertz CT molecular complexity index is 1050. The lowest BCUT2D eigenvalue weighted by Crippen LogP contribution is -2.29. The van der Waals surface area contributed by atoms with Gasteiger partial charge in [-0.15, -0.1) is 10.2 Å². The quantitative estimate of drug-likeness (QED) is 0.654. The molecule has 3 aromatic rings. The van der Waals surface area contributed by atoms with Crippen LogP contribution in [0.5, 0.6) is 11.5 Å². The van der Waals surface area contributed by atoms with Crippen LogP contribution in [0.1, 0.15) is 31.2 Å². The normalized spacial score (nSPS) is 17.1. The molecule has 2 aliphatic rings. The Labute approximate surface area is 165 Å². The van der Waals surface area contributed by atoms with E-state index in [1.165, 1.54) is 10.5 Å². The zero-order chi connectivity index (χ0) is 19.1. The summed E-state index contributed by atoms with van der Waals surface area (Å²) < 4.78 is 22.3. The van der Waals surface area contributed by atoms with Gasteiger partial charge in [-0.1, -0.05) is 25.0 Å². The van der Waals surface area contributed by atoms with Crippen molar-refractivity contribution in [1.82, 2.24) is 20.6 Å². The highest BCUT2D eigenvalue weighted by molar-refractivity contribution is 6.34. The third-order valence-corrected chi connectivity index (χ3v) is 5.57. The number of nitrogens with zero attached hydrogens (tertiary/aromatic N) is 5. The first-order valence-corrected chi connectivity index (χ1v) is 9.36. The standard InChI is InChI=1S/C19H16ClFN6O/c20-27-11-22-19(9-1-2-10-19)16-14(27)7-4-8-15(16)28-17-12(5-3-6-13(17)21)18-23-25-26-24-18/h3-8,11H,1-2,9-10H2,(H,23,24,25,26). The second kappa shape index (κ2) is 6.56. The Morgan fingerprint density at radius 1 is 1.14 bits per heavy atom. The lowest BCUT2D eigenvalue weighted by atomic mass is 9.86. The molecule has 28 heavy (non-hydrogen) atoms. The molecule has 0 amide bonds. The van der Waals surface area contributed by atoms with Crippen LogP contribution < -0.4 is 9.16 Å². The fourth-order valence-electron chi connectivity index (χ4n) is 4.05. The number of halogens is 2. The highest BCUT2D eigenvalue weighted by Gasteiger charge is 2.42. The molecule has 1 aromatic heterocycles. The van der Waals surface area contributed by atoms with Gasteiger partial charge in [0, 0.05) is 17.3 Å². The van der Waals surface area contributed by atoms with E-state index in [-0.39, 0.29) is 11.6 Å². The number of para-hydroxylation sites is 1. The van der Waals surface area contributed by atoms with Crippen molar-refractivity contribution >= 4 is 23.8 Å². The molecule has 0 bridgehead atoms. The summed E-state index contributed by atoms with van der Waals surface area (Å²) in [5, 5.41) is 13.8. The molecule has 1 aliphatic heterocycles. The molecule has 0 atom stereocenters. The maximum absolute atomic E-state index is 14.7. The Kier molecular flexibility index (Phi) is 4.01. The van der Waals surface area contributed by atoms with Gasteiger partial charge in [0.05, 0.1) is 16.8 Å². The minimum Gasteiger partial charge on any atom is -0.453 e. The van der Waals surface area contributed by atoms with Crippen molar-refractivity contribution in [1.29, 1.82) is 0 Å². The van der Waals surface area contributed by atoms with Crippen molar-refractivity contribution in [3.63, 3.8) is 0 Å². The summed E-state index contributed by atoms with van der Waals surface area (Å²) in [4.78, 5) is 4.74. The number of aliphatic imine (C=N–C) groups is 1. The molecule has 1 spiro atoms. The predicted molar refractivity (Wildman–Crippen MR) is 103 cm³/mol. The molecule has 1 N–H and O–H groups in total. The fraction of sp³-hybridized carbons (Fsp3) is 0.263. The lowest BCUT2D eigenvalue weighted by Gasteiger charge is -2.34. The van der Waals surface area contributed by atoms with Crippen LogP contribution >= 0.6 is 11.8 Å². The number of aromatic amines is 1. The first-order chi connectivity index (χ1) is 13.7. The van der Waals surface area contributed by atoms with Crippen LogP contribution in [0.4, 0.5) is 10.1 Å². The molecule has 1 fully saturated rings. The van der Waals surface area contributed by atoms with Crippen LogP contribution in [0.3, 0.4) is 0 Å². The molecule has 9 heteroatoms. The number of tetrazole rings is 1. The molecule has 7 nitrogen and oxygen atoms in total. The summed E-state index contributed by atoms with van der Waals surface area (Å²) in [7, 11) is 0. The van der Waals surface area contributed by atoms with E-state index < -0.39 is 11.4 Å². The van der Waals surface area contributed by atoms with Crippen molar-refractivity contribution in [3.05, 3.63) is 47.8 Å². The summed E-state index contributed by atoms with van der Waals surface area (Å²) in [5.41, 5.74) is 1.70. The van der Waals surface area contributed by atoms with Crippen LogP contribution in [0, 0.1) is 5.82 Å². The monoisotopic (exact) mass is 398 g/mol. The van der Waals surface area contributed by atoms with Gasteiger partial charge in [-0.05, 0) is 42.3 Å². The first-order valence-electron chi connectivity index (χ1n) is 9.02. The molecular weight excluding hydrogens is 383 g/mol. The molecule has 2 heterocycles. The lowest BCUT2D eigenvalue weighted by molar-refractivity contribution is 0.403. The zero-order valence-corrected chi connectivity index (χ0v) is 15.5. The minimum absolute atomic E-state index is 0.0427. The summed E-state index contributed by atoms with van der Waals surface area (Å²) in [5.74, 6) is 0.312. The molecule has 0 radical (unpaired) electrons. The molecule has 1 aliphatic carbocycles. The average Bonchev–Trinajstić information content (AvgIpc) is 3.39. The van der Waals surface area contributed by atoms with Gasteiger partial charge >= 0.3 is 0 Å². The van der Waals surface area contributed by atoms with Crippen molar-refractivity contribution in [3.8, 4) is 22.9 Å². The van der Waals surface area contributed by atoms with E-state index in [4.69, 9.17) is 21.5 Å². The number of hydrogen-bond acceptors (Lipinski definition) is 6. The number of hydrogen-bond donors (Lipinski definition) is 1. The van der Waals surface area contributed by atoms with E-state index in [1.807, 2.05) is 18.2 Å². The number of ether oxygens (including phenoxy) is 1. The fourth-order valence-corrected chi connectivity index (χ4v) is 4.24. The first kappa shape index (κ1) is 17.1. The van der Waals surface area contributed by atoms with E-state index in [0.29, 0.717) is 11.3 Å². The number of anilines is 1. The van der Waals surface area contributed by atoms with Crippen LogP contribution in [0.2, 0.25) is 0 Å². The van der Waals surface area contributed by atoms with Crippen LogP contribution in [-0.2, 0) is 5.54 Å². The van der Waals surface area contributed by atoms with E-state index in [9.17, 15) is 4.39 Å². The van der Waals surface area contributed by atoms with Gasteiger partial charge in [0.2, 0.25) is 5.82 Å². The molecule has 0 unspecified atom stereocenters. The summed E-state index contributed by atoms with van der Waals surface area (Å²) in [6, 6.07) is 10.2. The maximum Gasteiger partial charge on any atom is 0.208 e. The van der Waals surface area contributed by atoms with Crippen LogP contribution in [0.15, 0.2) is 41.4 Å². The Morgan fingerprint density at radius 2 is 1.96 bits per heavy atom. The number of benzene rings is 2. The molecule has 1 saturated carbocycles. The third kappa shape index (κ3) is 2.63. The number of aromatic nitrogens is 4. The summed E-state index contributed by atoms with van der Waals surface area (Å²) in [6.45, 7) is 0. The van der Waals surface area contributed by atoms with E-state index in [2.05, 4.69) is 20.6 Å². The van der Waals surface area contributed by atoms with Gasteiger partial charge in [0.25, 0.3) is 0 Å². The van der Waals surface area contributed by atoms with E-state index >= 15 is 0 Å². The maximum atomic E-state index is 14.7. The van der Waals surface area contributed by atoms with Gasteiger partial charge in [0.1, 0.15) is 12.1 Å². The largest absolute Gasteiger partial charge is 0.453 e. The van der Waals surface area contributed by atoms with Gasteiger partial charge in [-0.2, -0.15) is 5.21 Å². The van der Waals surface area contributed by atoms with E-state index in [1.54, 1.807) is 18.5 Å². The Hall–Kier alpha value is -3.00. The van der Waals surface area contributed by atoms with Gasteiger partial charge in [-0.25, -0.2) is 8.81 Å². The topological polar surface area (TPSA) is 79.3 Å². The highest BCUT2D eigenvalue weighted by Crippen LogP contribution is 2.52. The summed E-state index contributed by atoms with van der Waals surface area (Å²) in [6.07, 6.45) is 5.59. The summed E-state index contributed by atoms with van der Waals surface area (Å²) >= 11 is 6.35. The Morgan fingerprint density at radius 3 is 2.75 bits per heavy atom. The van der Waals surface area contributed by atoms with Gasteiger partial charge < -0.3 is 4.74 Å². The van der Waals surface area contributed by atoms with Gasteiger partial charge in [0.15, 0.2) is 11.6 Å². The number of rotatable bonds is 3. The molecule has 0 saturated heterocycles. The zero-order valence-electron chi connectivity index (χ0n) is 14.8. The molecular formula is C19H16ClFN6O. The average molecular weight is 399 g/mol. The number of fused-ring (bicyclic) bond motifs is 2. The minimum atomic E-state index is -0.512. The van der Waals surface area contributed by atoms with Gasteiger partial charge in [-0.3, -0.25) is 4.99 Å². The van der Waals surface area contributed by atoms with Crippen LogP contribution in [0.25, 0.3) is 11.4 Å². The van der Waals surface area contributed by atoms with Crippen molar-refractivity contribution in [2.45, 2.75) is 31.2 Å². The van der Waals surface area contributed by atoms with Crippen molar-refractivity contribution in [2.75, 3.05) is 4.42 Å². The number of H-pyrrole nitrogens is 1. The second-order valence-electron chi connectivity index (χ2n) is 6.90. The Balaban J connectivity index is 1.65. The van der Waals surface area contributed by atoms with Crippen molar-refractivity contribution < 1.29 is 9.13 Å². The number of nitrogens with one attached hydrogen (secondary N) is 1. The third-order valence-electron chi connectivity index (χ3n) is 5.30. The van der Waals surface area contributed by atoms with Crippen LogP contribution in [-0.4, -0.2) is 27.0 Å². The SMILES string of the molecule is Fc1cccc(-c2nn[nH]n2)c1Oc1cccc2c1C1(CCCC1)N=CN2Cl. The van der Waals surface area contributed by atoms with E-state index in [0.717, 1.165) is 36.9 Å². The molecule has 5 rings (SSSR count). The smallest absolute Gasteiger partial charge is 0.208 e. The highest BCUT2D eigenvalue weighted by atomic mass is 35.5. The van der Waals surface area contributed by atoms with Crippen molar-refractivity contribution in [2.24, 2.45) is 4.99 Å².